The van der Waals surface area contributed by atoms with Crippen LogP contribution >= 0.6 is 0 Å². The maximum atomic E-state index is 10.9. The van der Waals surface area contributed by atoms with Crippen LogP contribution in [0.3, 0.4) is 0 Å². The zero-order chi connectivity index (χ0) is 12.2. The van der Waals surface area contributed by atoms with Crippen LogP contribution in [-0.4, -0.2) is 38.2 Å². The predicted octanol–water partition coefficient (Wildman–Crippen LogP) is 0.648. The minimum absolute atomic E-state index is 0.218. The molecule has 0 aromatic carbocycles. The van der Waals surface area contributed by atoms with Crippen LogP contribution in [0.1, 0.15) is 20.3 Å². The number of carbonyl (C=O) groups is 2. The molecule has 0 aromatic rings. The maximum absolute atomic E-state index is 10.9. The summed E-state index contributed by atoms with van der Waals surface area (Å²) in [5.41, 5.74) is 0. The van der Waals surface area contributed by atoms with Gasteiger partial charge in [-0.3, -0.25) is 4.79 Å². The molecule has 16 heavy (non-hydrogen) atoms. The summed E-state index contributed by atoms with van der Waals surface area (Å²) in [5, 5.41) is 2.98. The molecule has 0 heterocycles. The third-order valence-electron chi connectivity index (χ3n) is 1.61. The highest BCUT2D eigenvalue weighted by Gasteiger charge is 1.99. The lowest BCUT2D eigenvalue weighted by atomic mass is 10.4. The van der Waals surface area contributed by atoms with Gasteiger partial charge in [0.1, 0.15) is 0 Å². The largest absolute Gasteiger partial charge is 0.466 e. The Morgan fingerprint density at radius 1 is 1.19 bits per heavy atom. The Kier molecular flexibility index (Phi) is 9.30. The summed E-state index contributed by atoms with van der Waals surface area (Å²) in [4.78, 5) is 21.8. The van der Waals surface area contributed by atoms with Crippen LogP contribution < -0.4 is 5.32 Å². The first-order valence-corrected chi connectivity index (χ1v) is 5.40. The first-order chi connectivity index (χ1) is 7.70. The van der Waals surface area contributed by atoms with E-state index in [-0.39, 0.29) is 11.9 Å². The van der Waals surface area contributed by atoms with Gasteiger partial charge < -0.3 is 14.8 Å². The van der Waals surface area contributed by atoms with E-state index in [0.717, 1.165) is 0 Å². The molecule has 1 N–H and O–H groups in total. The van der Waals surface area contributed by atoms with Crippen LogP contribution in [0.25, 0.3) is 0 Å². The van der Waals surface area contributed by atoms with E-state index in [1.165, 1.54) is 6.08 Å². The molecule has 0 unspecified atom stereocenters. The quantitative estimate of drug-likeness (QED) is 0.376. The fourth-order valence-electron chi connectivity index (χ4n) is 0.955. The number of carbonyl (C=O) groups excluding carboxylic acids is 2. The SMILES string of the molecule is CCOC(=O)/C=C/CNCCC(=O)OCC. The number of hydrogen-bond acceptors (Lipinski definition) is 5. The van der Waals surface area contributed by atoms with Crippen molar-refractivity contribution >= 4 is 11.9 Å². The van der Waals surface area contributed by atoms with E-state index in [1.54, 1.807) is 19.9 Å². The van der Waals surface area contributed by atoms with Crippen molar-refractivity contribution in [2.24, 2.45) is 0 Å². The summed E-state index contributed by atoms with van der Waals surface area (Å²) in [5.74, 6) is -0.570. The Labute approximate surface area is 95.8 Å². The third-order valence-corrected chi connectivity index (χ3v) is 1.61. The molecule has 0 spiro atoms. The van der Waals surface area contributed by atoms with Gasteiger partial charge in [-0.2, -0.15) is 0 Å². The minimum atomic E-state index is -0.352. The van der Waals surface area contributed by atoms with Gasteiger partial charge in [0.2, 0.25) is 0 Å². The van der Waals surface area contributed by atoms with E-state index in [0.29, 0.717) is 32.7 Å². The molecule has 0 saturated heterocycles. The van der Waals surface area contributed by atoms with Crippen LogP contribution in [0.15, 0.2) is 12.2 Å². The van der Waals surface area contributed by atoms with E-state index in [1.807, 2.05) is 0 Å². The van der Waals surface area contributed by atoms with E-state index in [2.05, 4.69) is 5.32 Å². The molecule has 0 aliphatic rings. The average Bonchev–Trinajstić information content (AvgIpc) is 2.24. The topological polar surface area (TPSA) is 64.6 Å². The van der Waals surface area contributed by atoms with Crippen molar-refractivity contribution in [3.05, 3.63) is 12.2 Å². The predicted molar refractivity (Wildman–Crippen MR) is 59.9 cm³/mol. The molecule has 0 aliphatic heterocycles. The summed E-state index contributed by atoms with van der Waals surface area (Å²) in [6.45, 7) is 5.36. The van der Waals surface area contributed by atoms with Crippen LogP contribution in [0.5, 0.6) is 0 Å². The summed E-state index contributed by atoms with van der Waals surface area (Å²) >= 11 is 0. The van der Waals surface area contributed by atoms with Gasteiger partial charge in [0.15, 0.2) is 0 Å². The molecule has 92 valence electrons. The van der Waals surface area contributed by atoms with Gasteiger partial charge in [-0.1, -0.05) is 6.08 Å². The van der Waals surface area contributed by atoms with Gasteiger partial charge >= 0.3 is 11.9 Å². The number of nitrogens with one attached hydrogen (secondary N) is 1. The molecular formula is C11H19NO4. The fourth-order valence-corrected chi connectivity index (χ4v) is 0.955. The molecule has 0 aromatic heterocycles. The highest BCUT2D eigenvalue weighted by molar-refractivity contribution is 5.81. The molecule has 5 heteroatoms. The molecule has 0 bridgehead atoms. The first-order valence-electron chi connectivity index (χ1n) is 5.40. The normalized spacial score (nSPS) is 10.4. The smallest absolute Gasteiger partial charge is 0.330 e. The molecule has 0 aliphatic carbocycles. The van der Waals surface area contributed by atoms with E-state index in [9.17, 15) is 9.59 Å². The van der Waals surface area contributed by atoms with Crippen molar-refractivity contribution < 1.29 is 19.1 Å². The van der Waals surface area contributed by atoms with Crippen molar-refractivity contribution in [2.75, 3.05) is 26.3 Å². The number of hydrogen-bond donors (Lipinski definition) is 1. The Hall–Kier alpha value is -1.36. The summed E-state index contributed by atoms with van der Waals surface area (Å²) in [6.07, 6.45) is 3.35. The Morgan fingerprint density at radius 3 is 2.50 bits per heavy atom. The first kappa shape index (κ1) is 14.6. The molecule has 0 fully saturated rings. The minimum Gasteiger partial charge on any atom is -0.466 e. The van der Waals surface area contributed by atoms with Crippen molar-refractivity contribution in [3.8, 4) is 0 Å². The Bertz CT molecular complexity index is 238. The van der Waals surface area contributed by atoms with Crippen LogP contribution in [-0.2, 0) is 19.1 Å². The zero-order valence-electron chi connectivity index (χ0n) is 9.82. The van der Waals surface area contributed by atoms with Crippen LogP contribution in [0.2, 0.25) is 0 Å². The Morgan fingerprint density at radius 2 is 1.88 bits per heavy atom. The van der Waals surface area contributed by atoms with Gasteiger partial charge in [-0.15, -0.1) is 0 Å². The molecule has 0 radical (unpaired) electrons. The van der Waals surface area contributed by atoms with Gasteiger partial charge in [-0.05, 0) is 13.8 Å². The second-order valence-electron chi connectivity index (χ2n) is 2.91. The van der Waals surface area contributed by atoms with Gasteiger partial charge in [-0.25, -0.2) is 4.79 Å². The maximum Gasteiger partial charge on any atom is 0.330 e. The van der Waals surface area contributed by atoms with Gasteiger partial charge in [0.05, 0.1) is 19.6 Å². The highest BCUT2D eigenvalue weighted by atomic mass is 16.5. The number of ether oxygens (including phenoxy) is 2. The van der Waals surface area contributed by atoms with Crippen molar-refractivity contribution in [1.82, 2.24) is 5.32 Å². The van der Waals surface area contributed by atoms with Gasteiger partial charge in [0, 0.05) is 19.2 Å². The van der Waals surface area contributed by atoms with E-state index >= 15 is 0 Å². The Balaban J connectivity index is 3.39. The van der Waals surface area contributed by atoms with Crippen LogP contribution in [0.4, 0.5) is 0 Å². The monoisotopic (exact) mass is 229 g/mol. The number of rotatable bonds is 8. The second kappa shape index (κ2) is 10.2. The third kappa shape index (κ3) is 9.21. The highest BCUT2D eigenvalue weighted by Crippen LogP contribution is 1.84. The van der Waals surface area contributed by atoms with Crippen molar-refractivity contribution in [2.45, 2.75) is 20.3 Å². The molecule has 5 nitrogen and oxygen atoms in total. The summed E-state index contributed by atoms with van der Waals surface area (Å²) in [6, 6.07) is 0. The zero-order valence-corrected chi connectivity index (χ0v) is 9.82. The van der Waals surface area contributed by atoms with Crippen LogP contribution in [0, 0.1) is 0 Å². The molecule has 0 rings (SSSR count). The van der Waals surface area contributed by atoms with E-state index in [4.69, 9.17) is 9.47 Å². The van der Waals surface area contributed by atoms with Crippen molar-refractivity contribution in [1.29, 1.82) is 0 Å². The lowest BCUT2D eigenvalue weighted by Gasteiger charge is -2.01. The number of esters is 2. The molecular weight excluding hydrogens is 210 g/mol. The molecule has 0 amide bonds. The lowest BCUT2D eigenvalue weighted by molar-refractivity contribution is -0.143. The van der Waals surface area contributed by atoms with Crippen molar-refractivity contribution in [3.63, 3.8) is 0 Å². The van der Waals surface area contributed by atoms with Gasteiger partial charge in [0.25, 0.3) is 0 Å². The average molecular weight is 229 g/mol. The summed E-state index contributed by atoms with van der Waals surface area (Å²) < 4.78 is 9.44. The second-order valence-corrected chi connectivity index (χ2v) is 2.91. The lowest BCUT2D eigenvalue weighted by Crippen LogP contribution is -2.19. The molecule has 0 saturated carbocycles. The van der Waals surface area contributed by atoms with E-state index < -0.39 is 0 Å². The fraction of sp³-hybridized carbons (Fsp3) is 0.636. The molecule has 0 atom stereocenters. The standard InChI is InChI=1S/C11H19NO4/c1-3-15-10(13)6-5-8-12-9-7-11(14)16-4-2/h5-6,12H,3-4,7-9H2,1-2H3/b6-5+. The summed E-state index contributed by atoms with van der Waals surface area (Å²) in [7, 11) is 0.